The molecule has 12 aliphatic rings. The molecule has 0 aliphatic heterocycles. The molecule has 142 valence electrons. The van der Waals surface area contributed by atoms with Crippen molar-refractivity contribution >= 4 is 47.8 Å². The second kappa shape index (κ2) is 3.10. The van der Waals surface area contributed by atoms with E-state index >= 15 is 0 Å². The molecule has 0 saturated heterocycles. The van der Waals surface area contributed by atoms with Crippen molar-refractivity contribution in [3.8, 4) is 0 Å². The lowest BCUT2D eigenvalue weighted by molar-refractivity contribution is -0.101. The highest BCUT2D eigenvalue weighted by Gasteiger charge is 3.12. The van der Waals surface area contributed by atoms with Crippen LogP contribution in [0.25, 0.3) is 0 Å². The number of methoxy groups -OCH3 is 2. The number of ether oxygens (including phenoxy) is 2. The number of hydrogen-bond donors (Lipinski definition) is 0. The van der Waals surface area contributed by atoms with Gasteiger partial charge in [0.15, 0.2) is 0 Å². The van der Waals surface area contributed by atoms with Crippen molar-refractivity contribution in [1.29, 1.82) is 0 Å². The van der Waals surface area contributed by atoms with Gasteiger partial charge in [-0.25, -0.2) is 0 Å². The van der Waals surface area contributed by atoms with E-state index in [4.69, 9.17) is 9.47 Å². The van der Waals surface area contributed by atoms with Gasteiger partial charge in [0.25, 0.3) is 0 Å². The van der Waals surface area contributed by atoms with E-state index in [2.05, 4.69) is 62.0 Å². The average molecular weight is 557 g/mol. The fourth-order valence-electron chi connectivity index (χ4n) is 15.9. The van der Waals surface area contributed by atoms with Crippen LogP contribution in [-0.2, 0) is 9.47 Å². The van der Waals surface area contributed by atoms with Crippen molar-refractivity contribution in [2.24, 2.45) is 88.8 Å². The predicted molar refractivity (Wildman–Crippen MR) is 107 cm³/mol. The zero-order valence-electron chi connectivity index (χ0n) is 15.1. The summed E-state index contributed by atoms with van der Waals surface area (Å²) in [6.45, 7) is 0. The molecule has 0 unspecified atom stereocenters. The Labute approximate surface area is 183 Å². The van der Waals surface area contributed by atoms with Crippen LogP contribution in [0.3, 0.4) is 0 Å². The molecule has 20 atom stereocenters. The van der Waals surface area contributed by atoms with E-state index in [-0.39, 0.29) is 19.9 Å². The van der Waals surface area contributed by atoms with Crippen molar-refractivity contribution in [2.75, 3.05) is 14.2 Å². The highest BCUT2D eigenvalue weighted by Crippen LogP contribution is 3.08. The molecule has 0 aromatic carbocycles. The smallest absolute Gasteiger partial charge is 0.0915 e. The minimum absolute atomic E-state index is 0.109. The third kappa shape index (κ3) is 0.693. The molecule has 5 heteroatoms. The lowest BCUT2D eigenvalue weighted by Gasteiger charge is -2.48. The summed E-state index contributed by atoms with van der Waals surface area (Å²) in [5.74, 6) is 12.7. The average Bonchev–Trinajstić information content (AvgIpc) is 3.40. The Morgan fingerprint density at radius 2 is 1.07 bits per heavy atom. The third-order valence-electron chi connectivity index (χ3n) is 14.2. The van der Waals surface area contributed by atoms with Gasteiger partial charge in [0, 0.05) is 24.5 Å². The second-order valence-electron chi connectivity index (χ2n) is 12.5. The molecule has 27 heavy (non-hydrogen) atoms. The lowest BCUT2D eigenvalue weighted by Crippen LogP contribution is -2.58. The van der Waals surface area contributed by atoms with E-state index in [9.17, 15) is 0 Å². The maximum absolute atomic E-state index is 6.85. The number of alkyl halides is 3. The van der Waals surface area contributed by atoms with Crippen LogP contribution in [0.4, 0.5) is 0 Å². The summed E-state index contributed by atoms with van der Waals surface area (Å²) in [4.78, 5) is 0. The highest BCUT2D eigenvalue weighted by molar-refractivity contribution is 9.11. The quantitative estimate of drug-likeness (QED) is 0.485. The zero-order valence-corrected chi connectivity index (χ0v) is 19.9. The molecule has 0 aromatic heterocycles. The normalized spacial score (nSPS) is 97.0. The summed E-state index contributed by atoms with van der Waals surface area (Å²) in [7, 11) is 4.17. The van der Waals surface area contributed by atoms with E-state index in [0.717, 1.165) is 88.8 Å². The monoisotopic (exact) mass is 554 g/mol. The van der Waals surface area contributed by atoms with Gasteiger partial charge in [-0.15, -0.1) is 0 Å². The summed E-state index contributed by atoms with van der Waals surface area (Å²) < 4.78 is 14.5. The van der Waals surface area contributed by atoms with Crippen LogP contribution in [0.5, 0.6) is 0 Å². The molecule has 2 nitrogen and oxygen atoms in total. The molecular formula is C22H21Br3O2. The molecule has 0 N–H and O–H groups in total. The van der Waals surface area contributed by atoms with Gasteiger partial charge in [0.05, 0.1) is 19.9 Å². The maximum Gasteiger partial charge on any atom is 0.0915 e. The largest absolute Gasteiger partial charge is 0.376 e. The molecular weight excluding hydrogens is 536 g/mol. The van der Waals surface area contributed by atoms with E-state index in [1.165, 1.54) is 0 Å². The maximum atomic E-state index is 6.85. The minimum Gasteiger partial charge on any atom is -0.376 e. The van der Waals surface area contributed by atoms with E-state index in [0.29, 0.717) is 4.32 Å². The molecule has 0 bridgehead atoms. The van der Waals surface area contributed by atoms with Crippen LogP contribution >= 0.6 is 47.8 Å². The molecule has 0 amide bonds. The summed E-state index contributed by atoms with van der Waals surface area (Å²) in [5.41, 5.74) is 0.249. The van der Waals surface area contributed by atoms with Crippen LogP contribution in [0.2, 0.25) is 0 Å². The fraction of sp³-hybridized carbons (Fsp3) is 1.00. The first-order valence-corrected chi connectivity index (χ1v) is 13.5. The van der Waals surface area contributed by atoms with Gasteiger partial charge < -0.3 is 9.47 Å². The summed E-state index contributed by atoms with van der Waals surface area (Å²) in [6.07, 6.45) is 0. The molecule has 0 heterocycles. The Morgan fingerprint density at radius 1 is 0.519 bits per heavy atom. The van der Waals surface area contributed by atoms with Gasteiger partial charge in [-0.3, -0.25) is 0 Å². The van der Waals surface area contributed by atoms with Crippen LogP contribution in [0, 0.1) is 88.8 Å². The van der Waals surface area contributed by atoms with Crippen molar-refractivity contribution in [3.05, 3.63) is 0 Å². The first-order chi connectivity index (χ1) is 13.0. The van der Waals surface area contributed by atoms with E-state index < -0.39 is 0 Å². The van der Waals surface area contributed by atoms with Crippen molar-refractivity contribution in [1.82, 2.24) is 0 Å². The molecule has 12 saturated carbocycles. The van der Waals surface area contributed by atoms with Crippen molar-refractivity contribution in [3.63, 3.8) is 0 Å². The number of halogens is 3. The van der Waals surface area contributed by atoms with Crippen molar-refractivity contribution < 1.29 is 9.47 Å². The van der Waals surface area contributed by atoms with E-state index in [1.54, 1.807) is 0 Å². The highest BCUT2D eigenvalue weighted by atomic mass is 79.9. The third-order valence-corrected chi connectivity index (χ3v) is 19.1. The second-order valence-corrected chi connectivity index (χ2v) is 16.5. The Bertz CT molecular complexity index is 987. The summed E-state index contributed by atoms with van der Waals surface area (Å²) in [5, 5.41) is 0. The van der Waals surface area contributed by atoms with Gasteiger partial charge in [-0.2, -0.15) is 0 Å². The Morgan fingerprint density at radius 3 is 1.78 bits per heavy atom. The van der Waals surface area contributed by atoms with Crippen LogP contribution < -0.4 is 0 Å². The zero-order chi connectivity index (χ0) is 17.6. The van der Waals surface area contributed by atoms with Crippen LogP contribution in [0.15, 0.2) is 0 Å². The molecule has 0 radical (unpaired) electrons. The van der Waals surface area contributed by atoms with Gasteiger partial charge in [-0.1, -0.05) is 47.8 Å². The molecule has 12 rings (SSSR count). The first kappa shape index (κ1) is 14.4. The Hall–Kier alpha value is 1.36. The van der Waals surface area contributed by atoms with E-state index in [1.807, 2.05) is 0 Å². The first-order valence-electron chi connectivity index (χ1n) is 11.1. The SMILES string of the molecule is CO[C@@]12[C@@H]3[C@H]4[C@@H]5[C@@H]6[C@H]7[C@H]8[C@@H]([C@@H]9[C@H]1[C@@H]1[C@@H]3[C@H]5[C@@]3(OC)[C@@H]1[C@]9(Br)[C@@H]8[C@@]63Br)[C@]2(Br)[C@H]74. The lowest BCUT2D eigenvalue weighted by atomic mass is 9.72. The van der Waals surface area contributed by atoms with Crippen molar-refractivity contribution in [2.45, 2.75) is 24.2 Å². The summed E-state index contributed by atoms with van der Waals surface area (Å²) in [6, 6.07) is 0. The molecule has 12 fully saturated rings. The molecule has 0 aromatic rings. The standard InChI is InChI=1S/C22H21Br3O2/c1-26-21-11-3-4-10-5-7-13(19(21,24)9(3)5)15-14(21)8-6(11)12(4)22(27-2)17(8)18(15,23)16(7)20(10,22)25/h3-17H,1-2H3/t3-,4+,5-,6-,7-,8-,9-,10+,11+,12-,13-,14+,15+,16+,17-,18+,19+,20-,21-,22+/m0/s1. The molecule has 12 aliphatic carbocycles. The van der Waals surface area contributed by atoms with Gasteiger partial charge in [-0.05, 0) is 82.9 Å². The summed E-state index contributed by atoms with van der Waals surface area (Å²) >= 11 is 13.8. The minimum atomic E-state index is 0.109. The number of hydrogen-bond acceptors (Lipinski definition) is 2. The predicted octanol–water partition coefficient (Wildman–Crippen LogP) is 3.55. The Kier molecular flexibility index (Phi) is 1.65. The van der Waals surface area contributed by atoms with Gasteiger partial charge in [0.2, 0.25) is 0 Å². The molecule has 0 spiro atoms. The Balaban J connectivity index is 1.44. The number of rotatable bonds is 2. The van der Waals surface area contributed by atoms with Gasteiger partial charge in [0.1, 0.15) is 0 Å². The van der Waals surface area contributed by atoms with Crippen LogP contribution in [-0.4, -0.2) is 38.4 Å². The topological polar surface area (TPSA) is 18.5 Å². The fourth-order valence-corrected chi connectivity index (χ4v) is 22.0. The van der Waals surface area contributed by atoms with Crippen LogP contribution in [0.1, 0.15) is 0 Å². The van der Waals surface area contributed by atoms with Gasteiger partial charge >= 0.3 is 0 Å².